The van der Waals surface area contributed by atoms with Crippen LogP contribution in [0.15, 0.2) is 18.2 Å². The van der Waals surface area contributed by atoms with Gasteiger partial charge in [-0.2, -0.15) is 0 Å². The number of hydrogen-bond donors (Lipinski definition) is 2. The van der Waals surface area contributed by atoms with Crippen molar-refractivity contribution in [2.75, 3.05) is 11.9 Å². The number of anilines is 1. The monoisotopic (exact) mass is 240 g/mol. The molecule has 0 aromatic heterocycles. The van der Waals surface area contributed by atoms with Crippen molar-refractivity contribution in [1.82, 2.24) is 5.32 Å². The lowest BCUT2D eigenvalue weighted by Gasteiger charge is -2.23. The van der Waals surface area contributed by atoms with Gasteiger partial charge in [0.05, 0.1) is 5.54 Å². The molecule has 1 heterocycles. The van der Waals surface area contributed by atoms with Crippen LogP contribution in [-0.4, -0.2) is 18.0 Å². The molecule has 1 amide bonds. The SMILES string of the molecule is CC1(C(=O)Nc2cc(F)cc(F)c2)CCCN1. The Hall–Kier alpha value is -1.49. The minimum atomic E-state index is -0.704. The Morgan fingerprint density at radius 3 is 2.53 bits per heavy atom. The average molecular weight is 240 g/mol. The molecule has 0 saturated carbocycles. The first-order valence-electron chi connectivity index (χ1n) is 5.52. The third-order valence-corrected chi connectivity index (χ3v) is 2.99. The molecule has 1 aromatic rings. The lowest BCUT2D eigenvalue weighted by Crippen LogP contribution is -2.47. The van der Waals surface area contributed by atoms with Crippen LogP contribution in [0.3, 0.4) is 0 Å². The van der Waals surface area contributed by atoms with Gasteiger partial charge in [0.1, 0.15) is 11.6 Å². The minimum absolute atomic E-state index is 0.141. The number of hydrogen-bond acceptors (Lipinski definition) is 2. The number of carbonyl (C=O) groups is 1. The summed E-state index contributed by atoms with van der Waals surface area (Å²) in [5.74, 6) is -1.67. The Balaban J connectivity index is 2.12. The van der Waals surface area contributed by atoms with Crippen molar-refractivity contribution in [3.8, 4) is 0 Å². The van der Waals surface area contributed by atoms with Crippen LogP contribution in [0.4, 0.5) is 14.5 Å². The Kier molecular flexibility index (Phi) is 3.11. The van der Waals surface area contributed by atoms with Crippen LogP contribution in [0, 0.1) is 11.6 Å². The second-order valence-electron chi connectivity index (χ2n) is 4.47. The highest BCUT2D eigenvalue weighted by Gasteiger charge is 2.35. The number of carbonyl (C=O) groups excluding carboxylic acids is 1. The van der Waals surface area contributed by atoms with Crippen LogP contribution >= 0.6 is 0 Å². The van der Waals surface area contributed by atoms with Gasteiger partial charge in [0.2, 0.25) is 5.91 Å². The van der Waals surface area contributed by atoms with Gasteiger partial charge in [-0.1, -0.05) is 0 Å². The third kappa shape index (κ3) is 2.61. The second-order valence-corrected chi connectivity index (χ2v) is 4.47. The van der Waals surface area contributed by atoms with Crippen molar-refractivity contribution in [2.45, 2.75) is 25.3 Å². The molecule has 17 heavy (non-hydrogen) atoms. The highest BCUT2D eigenvalue weighted by molar-refractivity contribution is 5.98. The quantitative estimate of drug-likeness (QED) is 0.830. The van der Waals surface area contributed by atoms with Crippen molar-refractivity contribution < 1.29 is 13.6 Å². The molecule has 0 radical (unpaired) electrons. The Morgan fingerprint density at radius 1 is 1.35 bits per heavy atom. The molecule has 1 aliphatic rings. The summed E-state index contributed by atoms with van der Waals surface area (Å²) in [7, 11) is 0. The number of benzene rings is 1. The van der Waals surface area contributed by atoms with Gasteiger partial charge in [-0.15, -0.1) is 0 Å². The molecule has 1 fully saturated rings. The molecular weight excluding hydrogens is 226 g/mol. The van der Waals surface area contributed by atoms with E-state index in [2.05, 4.69) is 10.6 Å². The van der Waals surface area contributed by atoms with Crippen molar-refractivity contribution in [3.05, 3.63) is 29.8 Å². The molecule has 2 rings (SSSR count). The van der Waals surface area contributed by atoms with Crippen LogP contribution in [0.25, 0.3) is 0 Å². The van der Waals surface area contributed by atoms with E-state index in [1.54, 1.807) is 6.92 Å². The number of rotatable bonds is 2. The molecule has 0 bridgehead atoms. The average Bonchev–Trinajstić information content (AvgIpc) is 2.64. The van der Waals surface area contributed by atoms with Gasteiger partial charge in [-0.05, 0) is 38.4 Å². The van der Waals surface area contributed by atoms with Gasteiger partial charge in [-0.3, -0.25) is 4.79 Å². The van der Waals surface area contributed by atoms with E-state index in [0.29, 0.717) is 0 Å². The maximum absolute atomic E-state index is 12.9. The summed E-state index contributed by atoms with van der Waals surface area (Å²) in [6.45, 7) is 2.56. The smallest absolute Gasteiger partial charge is 0.244 e. The first kappa shape index (κ1) is 12.0. The predicted molar refractivity (Wildman–Crippen MR) is 60.6 cm³/mol. The summed E-state index contributed by atoms with van der Waals surface area (Å²) < 4.78 is 25.9. The summed E-state index contributed by atoms with van der Waals surface area (Å²) in [5.41, 5.74) is -0.509. The lowest BCUT2D eigenvalue weighted by molar-refractivity contribution is -0.121. The molecule has 1 aromatic carbocycles. The number of amides is 1. The Labute approximate surface area is 98.2 Å². The van der Waals surface area contributed by atoms with Crippen LogP contribution in [0.1, 0.15) is 19.8 Å². The maximum Gasteiger partial charge on any atom is 0.244 e. The summed E-state index contributed by atoms with van der Waals surface area (Å²) in [4.78, 5) is 11.9. The van der Waals surface area contributed by atoms with Crippen LogP contribution < -0.4 is 10.6 Å². The van der Waals surface area contributed by atoms with Crippen molar-refractivity contribution in [3.63, 3.8) is 0 Å². The molecule has 1 saturated heterocycles. The molecule has 1 aliphatic heterocycles. The van der Waals surface area contributed by atoms with Crippen molar-refractivity contribution in [2.24, 2.45) is 0 Å². The van der Waals surface area contributed by atoms with Crippen molar-refractivity contribution in [1.29, 1.82) is 0 Å². The van der Waals surface area contributed by atoms with Gasteiger partial charge in [0, 0.05) is 11.8 Å². The van der Waals surface area contributed by atoms with E-state index >= 15 is 0 Å². The zero-order chi connectivity index (χ0) is 12.5. The molecule has 3 nitrogen and oxygen atoms in total. The molecule has 92 valence electrons. The molecule has 2 N–H and O–H groups in total. The van der Waals surface area contributed by atoms with E-state index < -0.39 is 17.2 Å². The fourth-order valence-electron chi connectivity index (χ4n) is 1.98. The Bertz CT molecular complexity index is 422. The van der Waals surface area contributed by atoms with Crippen LogP contribution in [0.5, 0.6) is 0 Å². The maximum atomic E-state index is 12.9. The molecule has 5 heteroatoms. The minimum Gasteiger partial charge on any atom is -0.324 e. The summed E-state index contributed by atoms with van der Waals surface area (Å²) in [6.07, 6.45) is 1.64. The van der Waals surface area contributed by atoms with E-state index in [9.17, 15) is 13.6 Å². The van der Waals surface area contributed by atoms with Crippen LogP contribution in [0.2, 0.25) is 0 Å². The third-order valence-electron chi connectivity index (χ3n) is 2.99. The zero-order valence-corrected chi connectivity index (χ0v) is 9.52. The fourth-order valence-corrected chi connectivity index (χ4v) is 1.98. The van der Waals surface area contributed by atoms with Gasteiger partial charge in [0.25, 0.3) is 0 Å². The zero-order valence-electron chi connectivity index (χ0n) is 9.52. The first-order chi connectivity index (χ1) is 7.99. The van der Waals surface area contributed by atoms with E-state index in [1.807, 2.05) is 0 Å². The van der Waals surface area contributed by atoms with Gasteiger partial charge >= 0.3 is 0 Å². The van der Waals surface area contributed by atoms with Gasteiger partial charge in [-0.25, -0.2) is 8.78 Å². The molecule has 1 unspecified atom stereocenters. The van der Waals surface area contributed by atoms with E-state index in [1.165, 1.54) is 0 Å². The standard InChI is InChI=1S/C12H14F2N2O/c1-12(3-2-4-15-12)11(17)16-10-6-8(13)5-9(14)7-10/h5-7,15H,2-4H2,1H3,(H,16,17). The summed E-state index contributed by atoms with van der Waals surface area (Å²) in [5, 5.41) is 5.61. The highest BCUT2D eigenvalue weighted by Crippen LogP contribution is 2.21. The van der Waals surface area contributed by atoms with Crippen molar-refractivity contribution >= 4 is 11.6 Å². The highest BCUT2D eigenvalue weighted by atomic mass is 19.1. The summed E-state index contributed by atoms with van der Waals surface area (Å²) in [6, 6.07) is 2.96. The topological polar surface area (TPSA) is 41.1 Å². The number of halogens is 2. The normalized spacial score (nSPS) is 23.7. The molecule has 0 aliphatic carbocycles. The second kappa shape index (κ2) is 4.41. The largest absolute Gasteiger partial charge is 0.324 e. The molecule has 1 atom stereocenters. The molecule has 0 spiro atoms. The lowest BCUT2D eigenvalue weighted by atomic mass is 9.99. The van der Waals surface area contributed by atoms with Gasteiger partial charge < -0.3 is 10.6 Å². The molecular formula is C12H14F2N2O. The fraction of sp³-hybridized carbons (Fsp3) is 0.417. The van der Waals surface area contributed by atoms with E-state index in [0.717, 1.165) is 37.6 Å². The Morgan fingerprint density at radius 2 is 2.00 bits per heavy atom. The van der Waals surface area contributed by atoms with E-state index in [-0.39, 0.29) is 11.6 Å². The summed E-state index contributed by atoms with van der Waals surface area (Å²) >= 11 is 0. The van der Waals surface area contributed by atoms with Crippen LogP contribution in [-0.2, 0) is 4.79 Å². The van der Waals surface area contributed by atoms with Gasteiger partial charge in [0.15, 0.2) is 0 Å². The first-order valence-corrected chi connectivity index (χ1v) is 5.52. The predicted octanol–water partition coefficient (Wildman–Crippen LogP) is 2.05. The van der Waals surface area contributed by atoms with E-state index in [4.69, 9.17) is 0 Å². The number of nitrogens with one attached hydrogen (secondary N) is 2.